The predicted octanol–water partition coefficient (Wildman–Crippen LogP) is 3.45. The summed E-state index contributed by atoms with van der Waals surface area (Å²) in [6.45, 7) is 1.12. The molecule has 0 radical (unpaired) electrons. The predicted molar refractivity (Wildman–Crippen MR) is 75.4 cm³/mol. The van der Waals surface area contributed by atoms with Crippen molar-refractivity contribution in [1.82, 2.24) is 0 Å². The van der Waals surface area contributed by atoms with Crippen LogP contribution in [-0.4, -0.2) is 18.3 Å². The molecule has 0 spiro atoms. The third-order valence-corrected chi connectivity index (χ3v) is 4.23. The number of aliphatic hydroxyl groups is 1. The molecule has 1 N–H and O–H groups in total. The molecule has 1 aliphatic rings. The zero-order valence-electron chi connectivity index (χ0n) is 10.1. The summed E-state index contributed by atoms with van der Waals surface area (Å²) in [6, 6.07) is 9.34. The van der Waals surface area contributed by atoms with Crippen LogP contribution in [0.15, 0.2) is 30.3 Å². The van der Waals surface area contributed by atoms with Crippen molar-refractivity contribution in [3.63, 3.8) is 0 Å². The minimum Gasteiger partial charge on any atom is -0.486 e. The highest BCUT2D eigenvalue weighted by molar-refractivity contribution is 7.16. The summed E-state index contributed by atoms with van der Waals surface area (Å²) in [5.74, 6) is 1.44. The van der Waals surface area contributed by atoms with Gasteiger partial charge >= 0.3 is 0 Å². The molecular formula is C14H13ClO3S. The van der Waals surface area contributed by atoms with Gasteiger partial charge in [0.15, 0.2) is 11.5 Å². The van der Waals surface area contributed by atoms with Gasteiger partial charge in [0.1, 0.15) is 13.2 Å². The average Bonchev–Trinajstić information content (AvgIpc) is 2.83. The summed E-state index contributed by atoms with van der Waals surface area (Å²) in [5.41, 5.74) is 0.828. The Morgan fingerprint density at radius 3 is 2.68 bits per heavy atom. The summed E-state index contributed by atoms with van der Waals surface area (Å²) in [4.78, 5) is 1.06. The van der Waals surface area contributed by atoms with Crippen LogP contribution >= 0.6 is 22.9 Å². The summed E-state index contributed by atoms with van der Waals surface area (Å²) < 4.78 is 11.7. The van der Waals surface area contributed by atoms with Gasteiger partial charge in [-0.3, -0.25) is 0 Å². The van der Waals surface area contributed by atoms with Gasteiger partial charge in [0.25, 0.3) is 0 Å². The number of aliphatic hydroxyl groups excluding tert-OH is 1. The van der Waals surface area contributed by atoms with Gasteiger partial charge in [-0.15, -0.1) is 11.3 Å². The number of benzene rings is 1. The highest BCUT2D eigenvalue weighted by Gasteiger charge is 2.16. The van der Waals surface area contributed by atoms with Gasteiger partial charge in [0.2, 0.25) is 0 Å². The molecule has 1 aromatic heterocycles. The first-order valence-corrected chi connectivity index (χ1v) is 7.23. The number of thiophene rings is 1. The highest BCUT2D eigenvalue weighted by Crippen LogP contribution is 2.34. The molecule has 1 aliphatic heterocycles. The van der Waals surface area contributed by atoms with E-state index in [2.05, 4.69) is 0 Å². The molecule has 1 unspecified atom stereocenters. The Labute approximate surface area is 120 Å². The van der Waals surface area contributed by atoms with E-state index in [1.165, 1.54) is 11.3 Å². The fourth-order valence-electron chi connectivity index (χ4n) is 2.04. The molecule has 0 bridgehead atoms. The topological polar surface area (TPSA) is 38.7 Å². The van der Waals surface area contributed by atoms with E-state index in [9.17, 15) is 5.11 Å². The van der Waals surface area contributed by atoms with Crippen LogP contribution in [0.25, 0.3) is 0 Å². The smallest absolute Gasteiger partial charge is 0.161 e. The summed E-state index contributed by atoms with van der Waals surface area (Å²) >= 11 is 7.37. The van der Waals surface area contributed by atoms with Crippen LogP contribution in [0.1, 0.15) is 16.5 Å². The van der Waals surface area contributed by atoms with E-state index in [4.69, 9.17) is 21.1 Å². The number of hydrogen-bond acceptors (Lipinski definition) is 4. The van der Waals surface area contributed by atoms with E-state index in [-0.39, 0.29) is 0 Å². The number of hydrogen-bond donors (Lipinski definition) is 1. The first kappa shape index (κ1) is 12.8. The van der Waals surface area contributed by atoms with Gasteiger partial charge in [0, 0.05) is 11.3 Å². The number of halogens is 1. The van der Waals surface area contributed by atoms with Crippen molar-refractivity contribution in [2.45, 2.75) is 12.5 Å². The highest BCUT2D eigenvalue weighted by atomic mass is 35.5. The van der Waals surface area contributed by atoms with E-state index >= 15 is 0 Å². The molecule has 1 atom stereocenters. The Morgan fingerprint density at radius 1 is 1.16 bits per heavy atom. The normalized spacial score (nSPS) is 15.3. The van der Waals surface area contributed by atoms with Crippen LogP contribution in [0.2, 0.25) is 4.34 Å². The Morgan fingerprint density at radius 2 is 1.95 bits per heavy atom. The molecule has 0 saturated heterocycles. The Kier molecular flexibility index (Phi) is 3.64. The Bertz CT molecular complexity index is 582. The van der Waals surface area contributed by atoms with Crippen LogP contribution in [0.4, 0.5) is 0 Å². The molecule has 0 aliphatic carbocycles. The van der Waals surface area contributed by atoms with Crippen molar-refractivity contribution in [2.75, 3.05) is 13.2 Å². The average molecular weight is 297 g/mol. The maximum Gasteiger partial charge on any atom is 0.161 e. The molecule has 1 aromatic carbocycles. The molecule has 100 valence electrons. The molecule has 0 saturated carbocycles. The molecule has 0 amide bonds. The second-order valence-corrected chi connectivity index (χ2v) is 6.13. The Hall–Kier alpha value is -1.23. The molecule has 5 heteroatoms. The van der Waals surface area contributed by atoms with Crippen molar-refractivity contribution in [3.8, 4) is 11.5 Å². The zero-order chi connectivity index (χ0) is 13.2. The first-order chi connectivity index (χ1) is 9.22. The van der Waals surface area contributed by atoms with E-state index in [1.807, 2.05) is 30.3 Å². The fourth-order valence-corrected chi connectivity index (χ4v) is 3.16. The third-order valence-electron chi connectivity index (χ3n) is 2.97. The van der Waals surface area contributed by atoms with E-state index in [1.54, 1.807) is 0 Å². The fraction of sp³-hybridized carbons (Fsp3) is 0.286. The first-order valence-electron chi connectivity index (χ1n) is 6.04. The maximum atomic E-state index is 10.3. The summed E-state index contributed by atoms with van der Waals surface area (Å²) in [7, 11) is 0. The van der Waals surface area contributed by atoms with Crippen LogP contribution in [-0.2, 0) is 6.42 Å². The van der Waals surface area contributed by atoms with Crippen molar-refractivity contribution < 1.29 is 14.6 Å². The van der Waals surface area contributed by atoms with E-state index in [0.717, 1.165) is 20.5 Å². The van der Waals surface area contributed by atoms with Gasteiger partial charge in [0.05, 0.1) is 10.4 Å². The minimum absolute atomic E-state index is 0.549. The van der Waals surface area contributed by atoms with Gasteiger partial charge in [-0.2, -0.15) is 0 Å². The SMILES string of the molecule is OC(Cc1ccc(Cl)s1)c1ccc2c(c1)OCCO2. The Balaban J connectivity index is 1.77. The maximum absolute atomic E-state index is 10.3. The van der Waals surface area contributed by atoms with Gasteiger partial charge in [-0.1, -0.05) is 17.7 Å². The van der Waals surface area contributed by atoms with Crippen molar-refractivity contribution in [3.05, 3.63) is 45.1 Å². The van der Waals surface area contributed by atoms with E-state index in [0.29, 0.717) is 25.4 Å². The van der Waals surface area contributed by atoms with Crippen molar-refractivity contribution in [1.29, 1.82) is 0 Å². The van der Waals surface area contributed by atoms with Crippen LogP contribution in [0.3, 0.4) is 0 Å². The second-order valence-electron chi connectivity index (χ2n) is 4.33. The minimum atomic E-state index is -0.564. The lowest BCUT2D eigenvalue weighted by atomic mass is 10.1. The number of ether oxygens (including phenoxy) is 2. The summed E-state index contributed by atoms with van der Waals surface area (Å²) in [6.07, 6.45) is -0.0117. The van der Waals surface area contributed by atoms with Gasteiger partial charge < -0.3 is 14.6 Å². The molecule has 3 nitrogen and oxygen atoms in total. The van der Waals surface area contributed by atoms with Crippen molar-refractivity contribution in [2.24, 2.45) is 0 Å². The third kappa shape index (κ3) is 2.86. The lowest BCUT2D eigenvalue weighted by molar-refractivity contribution is 0.165. The molecule has 2 aromatic rings. The van der Waals surface area contributed by atoms with Crippen LogP contribution in [0.5, 0.6) is 11.5 Å². The standard InChI is InChI=1S/C14H13ClO3S/c15-14-4-2-10(19-14)8-11(16)9-1-3-12-13(7-9)18-6-5-17-12/h1-4,7,11,16H,5-6,8H2. The largest absolute Gasteiger partial charge is 0.486 e. The van der Waals surface area contributed by atoms with E-state index < -0.39 is 6.10 Å². The number of rotatable bonds is 3. The molecule has 19 heavy (non-hydrogen) atoms. The van der Waals surface area contributed by atoms with Crippen LogP contribution < -0.4 is 9.47 Å². The zero-order valence-corrected chi connectivity index (χ0v) is 11.7. The van der Waals surface area contributed by atoms with Gasteiger partial charge in [-0.05, 0) is 29.8 Å². The second kappa shape index (κ2) is 5.41. The monoisotopic (exact) mass is 296 g/mol. The lowest BCUT2D eigenvalue weighted by Crippen LogP contribution is -2.15. The summed E-state index contributed by atoms with van der Waals surface area (Å²) in [5, 5.41) is 10.3. The molecule has 3 rings (SSSR count). The van der Waals surface area contributed by atoms with Crippen LogP contribution in [0, 0.1) is 0 Å². The number of fused-ring (bicyclic) bond motifs is 1. The molecule has 2 heterocycles. The van der Waals surface area contributed by atoms with Crippen molar-refractivity contribution >= 4 is 22.9 Å². The quantitative estimate of drug-likeness (QED) is 0.943. The van der Waals surface area contributed by atoms with Gasteiger partial charge in [-0.25, -0.2) is 0 Å². The molecule has 0 fully saturated rings. The molecular weight excluding hydrogens is 284 g/mol. The lowest BCUT2D eigenvalue weighted by Gasteiger charge is -2.20.